The lowest BCUT2D eigenvalue weighted by Crippen LogP contribution is -2.14. The third-order valence-corrected chi connectivity index (χ3v) is 3.59. The van der Waals surface area contributed by atoms with E-state index in [-0.39, 0.29) is 6.04 Å². The normalized spacial score (nSPS) is 12.3. The van der Waals surface area contributed by atoms with Crippen LogP contribution in [-0.4, -0.2) is 27.4 Å². The molecule has 19 heavy (non-hydrogen) atoms. The van der Waals surface area contributed by atoms with Gasteiger partial charge in [0.2, 0.25) is 0 Å². The molecule has 0 saturated carbocycles. The maximum absolute atomic E-state index is 6.19. The molecule has 0 amide bonds. The quantitative estimate of drug-likeness (QED) is 0.742. The first-order valence-electron chi connectivity index (χ1n) is 6.39. The highest BCUT2D eigenvalue weighted by atomic mass is 79.9. The van der Waals surface area contributed by atoms with Gasteiger partial charge in [0.25, 0.3) is 0 Å². The molecule has 5 heteroatoms. The van der Waals surface area contributed by atoms with Gasteiger partial charge in [0.05, 0.1) is 14.2 Å². The second-order valence-corrected chi connectivity index (χ2v) is 5.00. The van der Waals surface area contributed by atoms with E-state index in [4.69, 9.17) is 19.9 Å². The van der Waals surface area contributed by atoms with Crippen molar-refractivity contribution in [1.82, 2.24) is 0 Å². The maximum atomic E-state index is 6.19. The molecule has 1 rings (SSSR count). The van der Waals surface area contributed by atoms with Gasteiger partial charge >= 0.3 is 0 Å². The molecule has 1 atom stereocenters. The third-order valence-electron chi connectivity index (χ3n) is 2.84. The molecule has 0 aromatic heterocycles. The van der Waals surface area contributed by atoms with Crippen molar-refractivity contribution >= 4 is 15.9 Å². The zero-order valence-corrected chi connectivity index (χ0v) is 13.3. The fraction of sp³-hybridized carbons (Fsp3) is 0.571. The van der Waals surface area contributed by atoms with E-state index in [0.717, 1.165) is 41.0 Å². The second-order valence-electron chi connectivity index (χ2n) is 4.21. The Morgan fingerprint density at radius 3 is 2.53 bits per heavy atom. The molecule has 0 aliphatic heterocycles. The summed E-state index contributed by atoms with van der Waals surface area (Å²) >= 11 is 3.48. The van der Waals surface area contributed by atoms with E-state index in [1.165, 1.54) is 0 Å². The summed E-state index contributed by atoms with van der Waals surface area (Å²) < 4.78 is 16.9. The van der Waals surface area contributed by atoms with Crippen LogP contribution >= 0.6 is 15.9 Å². The minimum absolute atomic E-state index is 0.117. The Kier molecular flexibility index (Phi) is 7.20. The number of hydrogen-bond donors (Lipinski definition) is 1. The zero-order chi connectivity index (χ0) is 14.3. The summed E-state index contributed by atoms with van der Waals surface area (Å²) in [5, 5.41) is 0. The second kappa shape index (κ2) is 8.40. The molecule has 0 spiro atoms. The largest absolute Gasteiger partial charge is 0.495 e. The Morgan fingerprint density at radius 1 is 1.21 bits per heavy atom. The number of nitrogens with two attached hydrogens (primary N) is 1. The lowest BCUT2D eigenvalue weighted by Gasteiger charge is -2.18. The van der Waals surface area contributed by atoms with Crippen LogP contribution in [0.25, 0.3) is 0 Å². The van der Waals surface area contributed by atoms with Crippen LogP contribution in [0.5, 0.6) is 11.5 Å². The molecular weight excluding hydrogens is 310 g/mol. The Morgan fingerprint density at radius 2 is 1.95 bits per heavy atom. The zero-order valence-electron chi connectivity index (χ0n) is 11.7. The van der Waals surface area contributed by atoms with Gasteiger partial charge in [-0.25, -0.2) is 0 Å². The van der Waals surface area contributed by atoms with Gasteiger partial charge in [-0.15, -0.1) is 0 Å². The van der Waals surface area contributed by atoms with Crippen LogP contribution in [-0.2, 0) is 4.74 Å². The van der Waals surface area contributed by atoms with Gasteiger partial charge in [0.1, 0.15) is 16.0 Å². The van der Waals surface area contributed by atoms with E-state index in [0.29, 0.717) is 6.61 Å². The third kappa shape index (κ3) is 4.37. The highest BCUT2D eigenvalue weighted by molar-refractivity contribution is 9.10. The topological polar surface area (TPSA) is 53.7 Å². The van der Waals surface area contributed by atoms with Gasteiger partial charge in [-0.3, -0.25) is 0 Å². The number of halogens is 1. The predicted molar refractivity (Wildman–Crippen MR) is 79.9 cm³/mol. The molecule has 0 radical (unpaired) electrons. The number of ether oxygens (including phenoxy) is 3. The monoisotopic (exact) mass is 331 g/mol. The molecule has 0 aliphatic carbocycles. The summed E-state index contributed by atoms with van der Waals surface area (Å²) in [5.41, 5.74) is 7.15. The van der Waals surface area contributed by atoms with Crippen LogP contribution in [0.2, 0.25) is 0 Å². The van der Waals surface area contributed by atoms with Crippen LogP contribution in [0, 0.1) is 0 Å². The van der Waals surface area contributed by atoms with Crippen LogP contribution in [0.3, 0.4) is 0 Å². The fourth-order valence-corrected chi connectivity index (χ4v) is 2.51. The standard InChI is InChI=1S/C14H22BrNO3/c1-4-8-19-9-7-11(16)10-5-6-12(17-2)13(15)14(10)18-3/h5-6,11H,4,7-9,16H2,1-3H3. The molecule has 0 fully saturated rings. The smallest absolute Gasteiger partial charge is 0.141 e. The van der Waals surface area contributed by atoms with E-state index >= 15 is 0 Å². The van der Waals surface area contributed by atoms with Gasteiger partial charge < -0.3 is 19.9 Å². The lowest BCUT2D eigenvalue weighted by molar-refractivity contribution is 0.127. The van der Waals surface area contributed by atoms with Crippen LogP contribution in [0.1, 0.15) is 31.4 Å². The average Bonchev–Trinajstić information content (AvgIpc) is 2.43. The number of hydrogen-bond acceptors (Lipinski definition) is 4. The highest BCUT2D eigenvalue weighted by Crippen LogP contribution is 2.39. The molecule has 1 unspecified atom stereocenters. The SMILES string of the molecule is CCCOCCC(N)c1ccc(OC)c(Br)c1OC. The summed E-state index contributed by atoms with van der Waals surface area (Å²) in [5.74, 6) is 1.46. The van der Waals surface area contributed by atoms with E-state index in [1.54, 1.807) is 14.2 Å². The molecule has 2 N–H and O–H groups in total. The van der Waals surface area contributed by atoms with E-state index < -0.39 is 0 Å². The lowest BCUT2D eigenvalue weighted by atomic mass is 10.0. The summed E-state index contributed by atoms with van der Waals surface area (Å²) in [6.45, 7) is 3.52. The molecule has 108 valence electrons. The average molecular weight is 332 g/mol. The predicted octanol–water partition coefficient (Wildman–Crippen LogP) is 3.28. The van der Waals surface area contributed by atoms with Crippen molar-refractivity contribution in [1.29, 1.82) is 0 Å². The molecule has 0 aliphatic rings. The molecule has 1 aromatic carbocycles. The van der Waals surface area contributed by atoms with Crippen molar-refractivity contribution < 1.29 is 14.2 Å². The maximum Gasteiger partial charge on any atom is 0.141 e. The molecule has 0 bridgehead atoms. The van der Waals surface area contributed by atoms with Crippen molar-refractivity contribution in [3.8, 4) is 11.5 Å². The molecular formula is C14H22BrNO3. The Balaban J connectivity index is 2.78. The molecule has 1 aromatic rings. The van der Waals surface area contributed by atoms with Crippen molar-refractivity contribution in [2.75, 3.05) is 27.4 Å². The van der Waals surface area contributed by atoms with Crippen molar-refractivity contribution in [3.63, 3.8) is 0 Å². The Bertz CT molecular complexity index is 399. The van der Waals surface area contributed by atoms with Gasteiger partial charge in [-0.05, 0) is 40.9 Å². The van der Waals surface area contributed by atoms with Gasteiger partial charge in [0, 0.05) is 24.8 Å². The van der Waals surface area contributed by atoms with Crippen molar-refractivity contribution in [2.45, 2.75) is 25.8 Å². The Hall–Kier alpha value is -0.780. The summed E-state index contributed by atoms with van der Waals surface area (Å²) in [4.78, 5) is 0. The summed E-state index contributed by atoms with van der Waals surface area (Å²) in [7, 11) is 3.25. The first-order chi connectivity index (χ1) is 9.15. The fourth-order valence-electron chi connectivity index (χ4n) is 1.82. The van der Waals surface area contributed by atoms with Crippen LogP contribution in [0.4, 0.5) is 0 Å². The van der Waals surface area contributed by atoms with E-state index in [2.05, 4.69) is 22.9 Å². The Labute approximate surface area is 123 Å². The highest BCUT2D eigenvalue weighted by Gasteiger charge is 2.17. The summed E-state index contributed by atoms with van der Waals surface area (Å²) in [6, 6.07) is 3.70. The van der Waals surface area contributed by atoms with Crippen LogP contribution in [0.15, 0.2) is 16.6 Å². The number of benzene rings is 1. The minimum atomic E-state index is -0.117. The minimum Gasteiger partial charge on any atom is -0.495 e. The summed E-state index contributed by atoms with van der Waals surface area (Å²) in [6.07, 6.45) is 1.78. The van der Waals surface area contributed by atoms with Gasteiger partial charge in [0.15, 0.2) is 0 Å². The molecule has 4 nitrogen and oxygen atoms in total. The van der Waals surface area contributed by atoms with E-state index in [1.807, 2.05) is 12.1 Å². The number of methoxy groups -OCH3 is 2. The van der Waals surface area contributed by atoms with Gasteiger partial charge in [-0.2, -0.15) is 0 Å². The number of rotatable bonds is 8. The first kappa shape index (κ1) is 16.3. The molecule has 0 saturated heterocycles. The first-order valence-corrected chi connectivity index (χ1v) is 7.18. The van der Waals surface area contributed by atoms with Crippen molar-refractivity contribution in [3.05, 3.63) is 22.2 Å². The van der Waals surface area contributed by atoms with Gasteiger partial charge in [-0.1, -0.05) is 6.92 Å². The molecule has 0 heterocycles. The van der Waals surface area contributed by atoms with E-state index in [9.17, 15) is 0 Å². The van der Waals surface area contributed by atoms with Crippen molar-refractivity contribution in [2.24, 2.45) is 5.73 Å². The van der Waals surface area contributed by atoms with Crippen LogP contribution < -0.4 is 15.2 Å².